The second-order valence-corrected chi connectivity index (χ2v) is 8.17. The first kappa shape index (κ1) is 23.3. The molecule has 158 valence electrons. The summed E-state index contributed by atoms with van der Waals surface area (Å²) < 4.78 is 39.2. The second kappa shape index (κ2) is 10.7. The summed E-state index contributed by atoms with van der Waals surface area (Å²) in [5.41, 5.74) is 0.865. The molecular formula is C20H25ClN2O5S. The third-order valence-corrected chi connectivity index (χ3v) is 6.16. The number of carbonyl (C=O) groups excluding carboxylic acids is 1. The minimum Gasteiger partial charge on any atom is -0.465 e. The van der Waals surface area contributed by atoms with Gasteiger partial charge in [-0.1, -0.05) is 42.5 Å². The van der Waals surface area contributed by atoms with Crippen LogP contribution in [0.25, 0.3) is 0 Å². The van der Waals surface area contributed by atoms with Crippen LogP contribution >= 0.6 is 12.4 Å². The number of methoxy groups -OCH3 is 1. The first-order valence-electron chi connectivity index (χ1n) is 9.06. The smallest absolute Gasteiger partial charge is 0.339 e. The fourth-order valence-corrected chi connectivity index (χ4v) is 4.58. The highest BCUT2D eigenvalue weighted by Gasteiger charge is 2.27. The van der Waals surface area contributed by atoms with Gasteiger partial charge < -0.3 is 9.47 Å². The number of hydrogen-bond donors (Lipinski definition) is 1. The first-order chi connectivity index (χ1) is 13.5. The molecule has 1 aliphatic rings. The molecule has 1 unspecified atom stereocenters. The SMILES string of the molecule is COC(=O)c1ccccc1S(=O)(=O)NC(CN1CCOCC1)c1ccccc1.Cl. The lowest BCUT2D eigenvalue weighted by atomic mass is 10.1. The predicted molar refractivity (Wildman–Crippen MR) is 112 cm³/mol. The highest BCUT2D eigenvalue weighted by Crippen LogP contribution is 2.22. The molecule has 0 bridgehead atoms. The summed E-state index contributed by atoms with van der Waals surface area (Å²) in [7, 11) is -2.73. The number of carbonyl (C=O) groups is 1. The first-order valence-corrected chi connectivity index (χ1v) is 10.5. The van der Waals surface area contributed by atoms with Crippen molar-refractivity contribution in [1.82, 2.24) is 9.62 Å². The number of nitrogens with one attached hydrogen (secondary N) is 1. The van der Waals surface area contributed by atoms with Crippen molar-refractivity contribution in [1.29, 1.82) is 0 Å². The minimum atomic E-state index is -3.95. The molecule has 1 aliphatic heterocycles. The molecule has 1 atom stereocenters. The zero-order valence-electron chi connectivity index (χ0n) is 16.1. The molecule has 1 fully saturated rings. The zero-order valence-corrected chi connectivity index (χ0v) is 17.7. The van der Waals surface area contributed by atoms with Gasteiger partial charge in [0, 0.05) is 19.6 Å². The Hall–Kier alpha value is -1.97. The Morgan fingerprint density at radius 3 is 2.38 bits per heavy atom. The molecule has 9 heteroatoms. The Bertz CT molecular complexity index is 902. The number of morpholine rings is 1. The van der Waals surface area contributed by atoms with E-state index in [1.54, 1.807) is 12.1 Å². The summed E-state index contributed by atoms with van der Waals surface area (Å²) in [5.74, 6) is -0.689. The van der Waals surface area contributed by atoms with Crippen molar-refractivity contribution >= 4 is 28.4 Å². The van der Waals surface area contributed by atoms with Gasteiger partial charge in [-0.2, -0.15) is 0 Å². The lowest BCUT2D eigenvalue weighted by Crippen LogP contribution is -2.43. The van der Waals surface area contributed by atoms with Crippen molar-refractivity contribution in [2.45, 2.75) is 10.9 Å². The summed E-state index contributed by atoms with van der Waals surface area (Å²) in [6, 6.07) is 15.0. The quantitative estimate of drug-likeness (QED) is 0.665. The molecule has 0 spiro atoms. The average molecular weight is 441 g/mol. The summed E-state index contributed by atoms with van der Waals surface area (Å²) in [6.07, 6.45) is 0. The van der Waals surface area contributed by atoms with E-state index in [4.69, 9.17) is 9.47 Å². The van der Waals surface area contributed by atoms with E-state index in [1.807, 2.05) is 30.3 Å². The largest absolute Gasteiger partial charge is 0.465 e. The van der Waals surface area contributed by atoms with Crippen molar-refractivity contribution in [2.24, 2.45) is 0 Å². The lowest BCUT2D eigenvalue weighted by Gasteiger charge is -2.31. The van der Waals surface area contributed by atoms with Crippen LogP contribution in [0.15, 0.2) is 59.5 Å². The molecule has 2 aromatic rings. The van der Waals surface area contributed by atoms with Crippen LogP contribution in [0.1, 0.15) is 22.0 Å². The highest BCUT2D eigenvalue weighted by molar-refractivity contribution is 7.89. The molecule has 0 saturated carbocycles. The van der Waals surface area contributed by atoms with Crippen LogP contribution in [-0.2, 0) is 19.5 Å². The number of halogens is 1. The van der Waals surface area contributed by atoms with E-state index in [2.05, 4.69) is 9.62 Å². The topological polar surface area (TPSA) is 84.9 Å². The van der Waals surface area contributed by atoms with Gasteiger partial charge >= 0.3 is 5.97 Å². The van der Waals surface area contributed by atoms with Gasteiger partial charge in [0.25, 0.3) is 0 Å². The standard InChI is InChI=1S/C20H24N2O5S.ClH/c1-26-20(23)17-9-5-6-10-19(17)28(24,25)21-18(16-7-3-2-4-8-16)15-22-11-13-27-14-12-22;/h2-10,18,21H,11-15H2,1H3;1H. The third-order valence-electron chi connectivity index (χ3n) is 4.63. The van der Waals surface area contributed by atoms with Crippen LogP contribution in [-0.4, -0.2) is 59.2 Å². The predicted octanol–water partition coefficient (Wildman–Crippen LogP) is 2.25. The summed E-state index contributed by atoms with van der Waals surface area (Å²) >= 11 is 0. The number of esters is 1. The number of ether oxygens (including phenoxy) is 2. The molecule has 0 aromatic heterocycles. The van der Waals surface area contributed by atoms with Crippen LogP contribution < -0.4 is 4.72 Å². The fraction of sp³-hybridized carbons (Fsp3) is 0.350. The Morgan fingerprint density at radius 1 is 1.10 bits per heavy atom. The van der Waals surface area contributed by atoms with Crippen molar-refractivity contribution < 1.29 is 22.7 Å². The van der Waals surface area contributed by atoms with Crippen LogP contribution in [0.5, 0.6) is 0 Å². The summed E-state index contributed by atoms with van der Waals surface area (Å²) in [4.78, 5) is 14.1. The fourth-order valence-electron chi connectivity index (χ4n) is 3.17. The molecule has 1 heterocycles. The van der Waals surface area contributed by atoms with E-state index in [1.165, 1.54) is 19.2 Å². The van der Waals surface area contributed by atoms with Crippen LogP contribution in [0.4, 0.5) is 0 Å². The van der Waals surface area contributed by atoms with E-state index in [-0.39, 0.29) is 22.9 Å². The van der Waals surface area contributed by atoms with E-state index in [9.17, 15) is 13.2 Å². The molecule has 1 N–H and O–H groups in total. The molecular weight excluding hydrogens is 416 g/mol. The Labute approximate surface area is 177 Å². The molecule has 0 radical (unpaired) electrons. The number of nitrogens with zero attached hydrogens (tertiary/aromatic N) is 1. The van der Waals surface area contributed by atoms with Crippen LogP contribution in [0.2, 0.25) is 0 Å². The Morgan fingerprint density at radius 2 is 1.72 bits per heavy atom. The average Bonchev–Trinajstić information content (AvgIpc) is 2.74. The Balaban J connectivity index is 0.00000300. The number of benzene rings is 2. The maximum Gasteiger partial charge on any atom is 0.339 e. The van der Waals surface area contributed by atoms with Gasteiger partial charge in [-0.25, -0.2) is 17.9 Å². The summed E-state index contributed by atoms with van der Waals surface area (Å²) in [6.45, 7) is 3.24. The minimum absolute atomic E-state index is 0. The van der Waals surface area contributed by atoms with Crippen LogP contribution in [0, 0.1) is 0 Å². The van der Waals surface area contributed by atoms with E-state index < -0.39 is 22.0 Å². The third kappa shape index (κ3) is 6.01. The molecule has 0 aliphatic carbocycles. The monoisotopic (exact) mass is 440 g/mol. The summed E-state index contributed by atoms with van der Waals surface area (Å²) in [5, 5.41) is 0. The number of hydrogen-bond acceptors (Lipinski definition) is 6. The van der Waals surface area contributed by atoms with Gasteiger partial charge in [-0.3, -0.25) is 4.90 Å². The van der Waals surface area contributed by atoms with Gasteiger partial charge in [-0.15, -0.1) is 12.4 Å². The molecule has 29 heavy (non-hydrogen) atoms. The second-order valence-electron chi connectivity index (χ2n) is 6.49. The number of rotatable bonds is 7. The molecule has 1 saturated heterocycles. The number of sulfonamides is 1. The van der Waals surface area contributed by atoms with Gasteiger partial charge in [0.15, 0.2) is 0 Å². The lowest BCUT2D eigenvalue weighted by molar-refractivity contribution is 0.0345. The van der Waals surface area contributed by atoms with E-state index in [0.29, 0.717) is 19.8 Å². The maximum absolute atomic E-state index is 13.1. The molecule has 2 aromatic carbocycles. The van der Waals surface area contributed by atoms with E-state index >= 15 is 0 Å². The molecule has 7 nitrogen and oxygen atoms in total. The van der Waals surface area contributed by atoms with Gasteiger partial charge in [0.05, 0.1) is 36.8 Å². The zero-order chi connectivity index (χ0) is 20.0. The van der Waals surface area contributed by atoms with Gasteiger partial charge in [-0.05, 0) is 17.7 Å². The molecule has 3 rings (SSSR count). The van der Waals surface area contributed by atoms with Gasteiger partial charge in [0.2, 0.25) is 10.0 Å². The van der Waals surface area contributed by atoms with Crippen molar-refractivity contribution in [2.75, 3.05) is 40.0 Å². The highest BCUT2D eigenvalue weighted by atomic mass is 35.5. The molecule has 0 amide bonds. The van der Waals surface area contributed by atoms with Crippen LogP contribution in [0.3, 0.4) is 0 Å². The van der Waals surface area contributed by atoms with Crippen molar-refractivity contribution in [3.8, 4) is 0 Å². The maximum atomic E-state index is 13.1. The van der Waals surface area contributed by atoms with E-state index in [0.717, 1.165) is 18.7 Å². The van der Waals surface area contributed by atoms with Crippen molar-refractivity contribution in [3.63, 3.8) is 0 Å². The Kier molecular flexibility index (Phi) is 8.60. The van der Waals surface area contributed by atoms with Crippen molar-refractivity contribution in [3.05, 3.63) is 65.7 Å². The normalized spacial score (nSPS) is 15.9. The van der Waals surface area contributed by atoms with Gasteiger partial charge in [0.1, 0.15) is 0 Å².